The number of nitrogens with zero attached hydrogens (tertiary/aromatic N) is 5. The number of carbonyl (C=O) groups excluding carboxylic acids is 2. The van der Waals surface area contributed by atoms with Crippen molar-refractivity contribution in [1.82, 2.24) is 14.8 Å². The Morgan fingerprint density at radius 3 is 2.71 bits per heavy atom. The summed E-state index contributed by atoms with van der Waals surface area (Å²) in [6.45, 7) is 2.35. The number of phenols is 1. The van der Waals surface area contributed by atoms with Crippen LogP contribution in [0.2, 0.25) is 5.02 Å². The minimum Gasteiger partial charge on any atom is -0.507 e. The third-order valence-electron chi connectivity index (χ3n) is 9.44. The Balaban J connectivity index is 1.44. The Morgan fingerprint density at radius 1 is 1.20 bits per heavy atom. The number of benzene rings is 2. The molecule has 4 aliphatic heterocycles. The number of hydrogen-bond donors (Lipinski definition) is 1. The van der Waals surface area contributed by atoms with Crippen molar-refractivity contribution in [3.63, 3.8) is 0 Å². The van der Waals surface area contributed by atoms with Gasteiger partial charge in [-0.15, -0.1) is 0 Å². The molecule has 1 N–H and O–H groups in total. The summed E-state index contributed by atoms with van der Waals surface area (Å²) in [5.41, 5.74) is -0.0244. The third-order valence-corrected chi connectivity index (χ3v) is 9.74. The summed E-state index contributed by atoms with van der Waals surface area (Å²) in [6, 6.07) is 3.89. The van der Waals surface area contributed by atoms with Gasteiger partial charge in [0, 0.05) is 35.7 Å². The van der Waals surface area contributed by atoms with Crippen LogP contribution in [0, 0.1) is 11.6 Å². The maximum Gasteiger partial charge on any atom is 0.251 e. The lowest BCUT2D eigenvalue weighted by Gasteiger charge is -2.52. The standard InChI is InChI=1S/C32H31ClF3N5O4/c1-16-13-40-21(14-39(16)24(43)9-4-10-34)32(44)41-15-23(20-7-5-11-38(20)2)45-31-30(41)29(40)17-12-18(33)25(27(36)28(17)37-31)26-19(35)6-3-8-22(26)42/h3-4,6,8-9,12,16,20-21,23,42H,5,7,10-11,13-15H2,1-2H3/b9-4+/t16-,20+,21-,23-/m1/s1. The summed E-state index contributed by atoms with van der Waals surface area (Å²) >= 11 is 6.65. The zero-order valence-corrected chi connectivity index (χ0v) is 25.4. The molecule has 0 unspecified atom stereocenters. The number of rotatable bonds is 4. The summed E-state index contributed by atoms with van der Waals surface area (Å²) < 4.78 is 50.9. The van der Waals surface area contributed by atoms with Crippen LogP contribution in [-0.2, 0) is 9.59 Å². The molecule has 0 radical (unpaired) electrons. The van der Waals surface area contributed by atoms with E-state index in [4.69, 9.17) is 16.3 Å². The fourth-order valence-corrected chi connectivity index (χ4v) is 7.59. The maximum absolute atomic E-state index is 16.6. The SMILES string of the molecule is C[C@@H]1CN2c3c4c(nc5c(F)c(-c6c(O)cccc6F)c(Cl)cc35)O[C@@H]([C@@H]3CCCN3C)CN4C(=O)[C@H]2CN1C(=O)/C=C/CF. The van der Waals surface area contributed by atoms with E-state index in [1.807, 2.05) is 18.9 Å². The van der Waals surface area contributed by atoms with Crippen LogP contribution in [0.25, 0.3) is 22.0 Å². The Labute approximate surface area is 262 Å². The van der Waals surface area contributed by atoms with E-state index in [1.54, 1.807) is 4.90 Å². The predicted octanol–water partition coefficient (Wildman–Crippen LogP) is 4.67. The Kier molecular flexibility index (Phi) is 7.31. The summed E-state index contributed by atoms with van der Waals surface area (Å²) in [5, 5.41) is 10.6. The van der Waals surface area contributed by atoms with E-state index in [0.717, 1.165) is 31.5 Å². The average molecular weight is 642 g/mol. The van der Waals surface area contributed by atoms with Gasteiger partial charge >= 0.3 is 0 Å². The van der Waals surface area contributed by atoms with Crippen LogP contribution in [0.15, 0.2) is 36.4 Å². The molecular formula is C32H31ClF3N5O4. The number of pyridine rings is 1. The number of piperazine rings is 1. The number of carbonyl (C=O) groups is 2. The van der Waals surface area contributed by atoms with E-state index < -0.39 is 53.7 Å². The number of phenolic OH excluding ortho intramolecular Hbond substituents is 1. The highest BCUT2D eigenvalue weighted by Crippen LogP contribution is 2.52. The quantitative estimate of drug-likeness (QED) is 0.414. The van der Waals surface area contributed by atoms with Gasteiger partial charge in [0.1, 0.15) is 41.6 Å². The van der Waals surface area contributed by atoms with Crippen molar-refractivity contribution in [3.8, 4) is 22.8 Å². The zero-order chi connectivity index (χ0) is 31.7. The number of aromatic hydroxyl groups is 1. The fraction of sp³-hybridized carbons (Fsp3) is 0.406. The van der Waals surface area contributed by atoms with Crippen LogP contribution in [0.5, 0.6) is 11.6 Å². The topological polar surface area (TPSA) is 89.5 Å². The number of allylic oxidation sites excluding steroid dienone is 1. The second-order valence-electron chi connectivity index (χ2n) is 12.1. The van der Waals surface area contributed by atoms with Gasteiger partial charge in [0.05, 0.1) is 29.4 Å². The molecule has 5 heterocycles. The number of ether oxygens (including phenoxy) is 1. The monoisotopic (exact) mass is 641 g/mol. The van der Waals surface area contributed by atoms with Crippen molar-refractivity contribution >= 4 is 45.7 Å². The Morgan fingerprint density at radius 2 is 2.00 bits per heavy atom. The number of amides is 2. The van der Waals surface area contributed by atoms with Gasteiger partial charge in [0.2, 0.25) is 11.8 Å². The van der Waals surface area contributed by atoms with Crippen LogP contribution in [0.4, 0.5) is 24.5 Å². The molecule has 2 aromatic carbocycles. The van der Waals surface area contributed by atoms with Gasteiger partial charge in [-0.2, -0.15) is 0 Å². The van der Waals surface area contributed by atoms with Crippen molar-refractivity contribution in [2.75, 3.05) is 49.7 Å². The van der Waals surface area contributed by atoms with E-state index in [0.29, 0.717) is 11.4 Å². The Bertz CT molecular complexity index is 1750. The first-order valence-electron chi connectivity index (χ1n) is 14.9. The van der Waals surface area contributed by atoms with E-state index in [9.17, 15) is 23.5 Å². The van der Waals surface area contributed by atoms with Crippen LogP contribution in [-0.4, -0.2) is 95.8 Å². The van der Waals surface area contributed by atoms with E-state index in [-0.39, 0.29) is 59.0 Å². The fourth-order valence-electron chi connectivity index (χ4n) is 7.31. The van der Waals surface area contributed by atoms with Gasteiger partial charge < -0.3 is 24.5 Å². The van der Waals surface area contributed by atoms with E-state index in [1.165, 1.54) is 29.2 Å². The second kappa shape index (κ2) is 11.1. The highest BCUT2D eigenvalue weighted by atomic mass is 35.5. The van der Waals surface area contributed by atoms with Crippen molar-refractivity contribution in [1.29, 1.82) is 0 Å². The van der Waals surface area contributed by atoms with E-state index in [2.05, 4.69) is 9.88 Å². The summed E-state index contributed by atoms with van der Waals surface area (Å²) in [7, 11) is 1.99. The first kappa shape index (κ1) is 29.7. The summed E-state index contributed by atoms with van der Waals surface area (Å²) in [5.74, 6) is -2.87. The molecule has 1 aromatic heterocycles. The van der Waals surface area contributed by atoms with Crippen LogP contribution in [0.3, 0.4) is 0 Å². The van der Waals surface area contributed by atoms with Crippen molar-refractivity contribution in [3.05, 3.63) is 53.1 Å². The molecule has 45 heavy (non-hydrogen) atoms. The number of fused-ring (bicyclic) bond motifs is 4. The first-order chi connectivity index (χ1) is 21.6. The van der Waals surface area contributed by atoms with Crippen LogP contribution in [0.1, 0.15) is 19.8 Å². The average Bonchev–Trinajstić information content (AvgIpc) is 3.44. The highest BCUT2D eigenvalue weighted by molar-refractivity contribution is 6.35. The van der Waals surface area contributed by atoms with Crippen molar-refractivity contribution < 1.29 is 32.6 Å². The molecule has 0 bridgehead atoms. The van der Waals surface area contributed by atoms with Crippen LogP contribution < -0.4 is 14.5 Å². The molecule has 7 rings (SSSR count). The minimum atomic E-state index is -0.945. The smallest absolute Gasteiger partial charge is 0.251 e. The number of likely N-dealkylation sites (tertiary alicyclic amines) is 1. The van der Waals surface area contributed by atoms with Gasteiger partial charge in [-0.3, -0.25) is 14.5 Å². The molecule has 4 atom stereocenters. The van der Waals surface area contributed by atoms with Gasteiger partial charge in [-0.1, -0.05) is 17.7 Å². The molecule has 0 spiro atoms. The lowest BCUT2D eigenvalue weighted by Crippen LogP contribution is -2.67. The predicted molar refractivity (Wildman–Crippen MR) is 164 cm³/mol. The molecule has 0 aliphatic carbocycles. The molecule has 236 valence electrons. The highest BCUT2D eigenvalue weighted by Gasteiger charge is 2.50. The largest absolute Gasteiger partial charge is 0.507 e. The number of hydrogen-bond acceptors (Lipinski definition) is 7. The first-order valence-corrected chi connectivity index (χ1v) is 15.3. The molecule has 2 amide bonds. The van der Waals surface area contributed by atoms with Crippen LogP contribution >= 0.6 is 11.6 Å². The van der Waals surface area contributed by atoms with Crippen molar-refractivity contribution in [2.24, 2.45) is 0 Å². The minimum absolute atomic E-state index is 0.0128. The molecule has 3 aromatic rings. The van der Waals surface area contributed by atoms with Gasteiger partial charge in [0.25, 0.3) is 5.91 Å². The normalized spacial score (nSPS) is 24.8. The third kappa shape index (κ3) is 4.60. The summed E-state index contributed by atoms with van der Waals surface area (Å²) in [4.78, 5) is 39.0. The van der Waals surface area contributed by atoms with Crippen molar-refractivity contribution in [2.45, 2.75) is 44.0 Å². The number of alkyl halides is 1. The molecule has 2 saturated heterocycles. The lowest BCUT2D eigenvalue weighted by molar-refractivity contribution is -0.131. The molecular weight excluding hydrogens is 611 g/mol. The number of anilines is 2. The van der Waals surface area contributed by atoms with Gasteiger partial charge in [-0.25, -0.2) is 18.2 Å². The zero-order valence-electron chi connectivity index (χ0n) is 24.6. The number of halogens is 4. The lowest BCUT2D eigenvalue weighted by atomic mass is 9.94. The van der Waals surface area contributed by atoms with Gasteiger partial charge in [-0.05, 0) is 57.6 Å². The second-order valence-corrected chi connectivity index (χ2v) is 12.5. The number of likely N-dealkylation sites (N-methyl/N-ethyl adjacent to an activating group) is 1. The molecule has 9 nitrogen and oxygen atoms in total. The molecule has 2 fully saturated rings. The maximum atomic E-state index is 16.6. The molecule has 13 heteroatoms. The number of aromatic nitrogens is 1. The molecule has 4 aliphatic rings. The summed E-state index contributed by atoms with van der Waals surface area (Å²) in [6.07, 6.45) is 3.64. The molecule has 0 saturated carbocycles. The Hall–Kier alpha value is -4.03. The van der Waals surface area contributed by atoms with Gasteiger partial charge in [0.15, 0.2) is 5.82 Å². The van der Waals surface area contributed by atoms with E-state index >= 15 is 4.39 Å².